The van der Waals surface area contributed by atoms with Crippen molar-refractivity contribution in [1.82, 2.24) is 0 Å². The summed E-state index contributed by atoms with van der Waals surface area (Å²) < 4.78 is 43.5. The SMILES string of the molecule is C=C(C)COCC(=C)C(=O)OCC(COC(=O)C(=C)COCC(=C)C)(COC(=O)C(=C)COCC(=C)C)COC(=O)C(=C)COCC(=C)C. The fourth-order valence-electron chi connectivity index (χ4n) is 3.16. The van der Waals surface area contributed by atoms with Gasteiger partial charge in [-0.05, 0) is 27.7 Å². The van der Waals surface area contributed by atoms with Gasteiger partial charge in [-0.15, -0.1) is 0 Å². The van der Waals surface area contributed by atoms with Gasteiger partial charge in [0.05, 0.1) is 75.1 Å². The van der Waals surface area contributed by atoms with Gasteiger partial charge in [-0.3, -0.25) is 0 Å². The quantitative estimate of drug-likeness (QED) is 0.0485. The Kier molecular flexibility index (Phi) is 21.8. The molecule has 0 aliphatic carbocycles. The highest BCUT2D eigenvalue weighted by atomic mass is 16.6. The third-order valence-electron chi connectivity index (χ3n) is 5.69. The van der Waals surface area contributed by atoms with E-state index < -0.39 is 55.7 Å². The molecule has 49 heavy (non-hydrogen) atoms. The van der Waals surface area contributed by atoms with E-state index in [4.69, 9.17) is 37.9 Å². The van der Waals surface area contributed by atoms with Gasteiger partial charge >= 0.3 is 23.9 Å². The molecular formula is C37H52O12. The van der Waals surface area contributed by atoms with Crippen LogP contribution in [0.5, 0.6) is 0 Å². The molecule has 0 saturated heterocycles. The summed E-state index contributed by atoms with van der Waals surface area (Å²) in [5.74, 6) is -3.43. The van der Waals surface area contributed by atoms with Crippen molar-refractivity contribution in [2.75, 3.05) is 79.3 Å². The molecule has 0 saturated carbocycles. The summed E-state index contributed by atoms with van der Waals surface area (Å²) in [6.45, 7) is 34.6. The lowest BCUT2D eigenvalue weighted by Gasteiger charge is -2.32. The van der Waals surface area contributed by atoms with E-state index in [1.54, 1.807) is 27.7 Å². The average molecular weight is 689 g/mol. The molecule has 0 unspecified atom stereocenters. The fourth-order valence-corrected chi connectivity index (χ4v) is 3.16. The van der Waals surface area contributed by atoms with Crippen molar-refractivity contribution in [3.63, 3.8) is 0 Å². The number of carbonyl (C=O) groups is 4. The molecule has 0 aliphatic heterocycles. The van der Waals surface area contributed by atoms with Gasteiger partial charge in [-0.1, -0.05) is 74.9 Å². The zero-order valence-corrected chi connectivity index (χ0v) is 29.5. The minimum absolute atomic E-state index is 0.0322. The van der Waals surface area contributed by atoms with Crippen LogP contribution in [0.3, 0.4) is 0 Å². The highest BCUT2D eigenvalue weighted by molar-refractivity contribution is 5.89. The van der Waals surface area contributed by atoms with Crippen molar-refractivity contribution in [1.29, 1.82) is 0 Å². The average Bonchev–Trinajstić information content (AvgIpc) is 3.02. The van der Waals surface area contributed by atoms with Crippen molar-refractivity contribution in [2.45, 2.75) is 27.7 Å². The topological polar surface area (TPSA) is 142 Å². The molecule has 0 fully saturated rings. The molecule has 0 bridgehead atoms. The van der Waals surface area contributed by atoms with Crippen LogP contribution in [0.15, 0.2) is 97.2 Å². The summed E-state index contributed by atoms with van der Waals surface area (Å²) in [6, 6.07) is 0. The first-order chi connectivity index (χ1) is 22.9. The second-order valence-electron chi connectivity index (χ2n) is 12.0. The summed E-state index contributed by atoms with van der Waals surface area (Å²) in [6.07, 6.45) is 0. The van der Waals surface area contributed by atoms with Crippen LogP contribution in [-0.4, -0.2) is 103 Å². The number of esters is 4. The maximum atomic E-state index is 12.9. The van der Waals surface area contributed by atoms with Crippen molar-refractivity contribution in [2.24, 2.45) is 5.41 Å². The molecule has 0 amide bonds. The molecule has 12 heteroatoms. The van der Waals surface area contributed by atoms with E-state index >= 15 is 0 Å². The van der Waals surface area contributed by atoms with Gasteiger partial charge in [-0.2, -0.15) is 0 Å². The highest BCUT2D eigenvalue weighted by Gasteiger charge is 2.39. The Morgan fingerprint density at radius 2 is 0.551 bits per heavy atom. The molecule has 272 valence electrons. The molecule has 0 aromatic rings. The third kappa shape index (κ3) is 21.3. The second kappa shape index (κ2) is 23.9. The highest BCUT2D eigenvalue weighted by Crippen LogP contribution is 2.23. The smallest absolute Gasteiger partial charge is 0.335 e. The van der Waals surface area contributed by atoms with Crippen LogP contribution in [0.4, 0.5) is 0 Å². The van der Waals surface area contributed by atoms with Crippen LogP contribution < -0.4 is 0 Å². The van der Waals surface area contributed by atoms with Crippen molar-refractivity contribution in [3.05, 3.63) is 97.2 Å². The molecule has 12 nitrogen and oxygen atoms in total. The van der Waals surface area contributed by atoms with E-state index in [0.29, 0.717) is 0 Å². The molecule has 0 N–H and O–H groups in total. The minimum atomic E-state index is -1.63. The molecule has 0 spiro atoms. The molecule has 0 radical (unpaired) electrons. The van der Waals surface area contributed by atoms with Crippen LogP contribution in [0.2, 0.25) is 0 Å². The van der Waals surface area contributed by atoms with E-state index in [-0.39, 0.29) is 75.1 Å². The Balaban J connectivity index is 6.17. The Bertz CT molecular complexity index is 1090. The second-order valence-corrected chi connectivity index (χ2v) is 12.0. The van der Waals surface area contributed by atoms with E-state index in [1.165, 1.54) is 0 Å². The predicted octanol–water partition coefficient (Wildman–Crippen LogP) is 4.74. The first-order valence-corrected chi connectivity index (χ1v) is 15.2. The van der Waals surface area contributed by atoms with E-state index in [2.05, 4.69) is 52.6 Å². The molecule has 0 rings (SSSR count). The summed E-state index contributed by atoms with van der Waals surface area (Å²) >= 11 is 0. The lowest BCUT2D eigenvalue weighted by molar-refractivity contribution is -0.166. The number of hydrogen-bond donors (Lipinski definition) is 0. The third-order valence-corrected chi connectivity index (χ3v) is 5.69. The number of rotatable bonds is 28. The van der Waals surface area contributed by atoms with Crippen LogP contribution in [0, 0.1) is 5.41 Å². The lowest BCUT2D eigenvalue weighted by atomic mass is 9.92. The fraction of sp³-hybridized carbons (Fsp3) is 0.459. The molecule has 0 atom stereocenters. The number of ether oxygens (including phenoxy) is 8. The normalized spacial score (nSPS) is 10.7. The van der Waals surface area contributed by atoms with Crippen LogP contribution in [0.25, 0.3) is 0 Å². The van der Waals surface area contributed by atoms with Gasteiger partial charge < -0.3 is 37.9 Å². The minimum Gasteiger partial charge on any atom is -0.461 e. The van der Waals surface area contributed by atoms with Crippen LogP contribution in [0.1, 0.15) is 27.7 Å². The summed E-state index contributed by atoms with van der Waals surface area (Å²) in [4.78, 5) is 51.5. The monoisotopic (exact) mass is 688 g/mol. The Morgan fingerprint density at radius 1 is 0.367 bits per heavy atom. The van der Waals surface area contributed by atoms with Crippen molar-refractivity contribution in [3.8, 4) is 0 Å². The van der Waals surface area contributed by atoms with Gasteiger partial charge in [0, 0.05) is 0 Å². The first kappa shape index (κ1) is 44.6. The van der Waals surface area contributed by atoms with E-state index in [9.17, 15) is 19.2 Å². The summed E-state index contributed by atoms with van der Waals surface area (Å²) in [5, 5.41) is 0. The van der Waals surface area contributed by atoms with Gasteiger partial charge in [0.15, 0.2) is 0 Å². The van der Waals surface area contributed by atoms with Crippen molar-refractivity contribution >= 4 is 23.9 Å². The molecule has 0 heterocycles. The zero-order chi connectivity index (χ0) is 37.6. The van der Waals surface area contributed by atoms with E-state index in [0.717, 1.165) is 22.3 Å². The van der Waals surface area contributed by atoms with Gasteiger partial charge in [0.25, 0.3) is 0 Å². The Hall–Kier alpha value is -4.36. The molecular weight excluding hydrogens is 636 g/mol. The number of carbonyl (C=O) groups excluding carboxylic acids is 4. The zero-order valence-electron chi connectivity index (χ0n) is 29.5. The number of hydrogen-bond acceptors (Lipinski definition) is 12. The summed E-state index contributed by atoms with van der Waals surface area (Å²) in [7, 11) is 0. The largest absolute Gasteiger partial charge is 0.461 e. The van der Waals surface area contributed by atoms with Gasteiger partial charge in [0.1, 0.15) is 31.8 Å². The van der Waals surface area contributed by atoms with Crippen molar-refractivity contribution < 1.29 is 57.1 Å². The molecule has 0 aliphatic rings. The molecule has 0 aromatic heterocycles. The standard InChI is InChI=1S/C37H52O12/c1-25(2)13-42-17-29(9)33(38)46-21-37(22-47-34(39)30(10)18-43-14-26(3)4,23-48-35(40)31(11)19-44-15-27(5)6)24-49-36(41)32(12)20-45-16-28(7)8/h1,3,5,7,9-24H2,2,4,6,8H3. The maximum Gasteiger partial charge on any atom is 0.335 e. The lowest BCUT2D eigenvalue weighted by Crippen LogP contribution is -2.44. The Morgan fingerprint density at radius 3 is 0.714 bits per heavy atom. The Labute approximate surface area is 290 Å². The van der Waals surface area contributed by atoms with Crippen LogP contribution >= 0.6 is 0 Å². The maximum absolute atomic E-state index is 12.9. The predicted molar refractivity (Wildman–Crippen MR) is 185 cm³/mol. The first-order valence-electron chi connectivity index (χ1n) is 15.2. The van der Waals surface area contributed by atoms with Gasteiger partial charge in [0.2, 0.25) is 0 Å². The molecule has 0 aromatic carbocycles. The van der Waals surface area contributed by atoms with Crippen LogP contribution in [-0.2, 0) is 57.1 Å². The van der Waals surface area contributed by atoms with Gasteiger partial charge in [-0.25, -0.2) is 19.2 Å². The van der Waals surface area contributed by atoms with E-state index in [1.807, 2.05) is 0 Å². The summed E-state index contributed by atoms with van der Waals surface area (Å²) in [5.41, 5.74) is 1.17.